The third kappa shape index (κ3) is 4.94. The normalized spacial score (nSPS) is 10.6. The first-order valence-electron chi connectivity index (χ1n) is 8.32. The molecule has 0 radical (unpaired) electrons. The fourth-order valence-corrected chi connectivity index (χ4v) is 2.67. The van der Waals surface area contributed by atoms with Gasteiger partial charge in [0.05, 0.1) is 24.2 Å². The Morgan fingerprint density at radius 2 is 1.73 bits per heavy atom. The number of rotatable bonds is 7. The van der Waals surface area contributed by atoms with Crippen molar-refractivity contribution in [2.24, 2.45) is 14.1 Å². The van der Waals surface area contributed by atoms with Gasteiger partial charge in [0.25, 0.3) is 0 Å². The van der Waals surface area contributed by atoms with Gasteiger partial charge in [-0.1, -0.05) is 11.6 Å². The van der Waals surface area contributed by atoms with Crippen molar-refractivity contribution in [2.45, 2.75) is 6.42 Å². The molecular weight excluding hydrogens is 445 g/mol. The van der Waals surface area contributed by atoms with Gasteiger partial charge in [0.1, 0.15) is 18.2 Å². The maximum Gasteiger partial charge on any atom is 0.344 e. The molecule has 2 rings (SSSR count). The molecule has 1 heterocycles. The molecule has 13 heteroatoms. The summed E-state index contributed by atoms with van der Waals surface area (Å²) in [4.78, 5) is 47.6. The molecule has 2 aromatic rings. The monoisotopic (exact) mass is 461 g/mol. The van der Waals surface area contributed by atoms with Gasteiger partial charge in [-0.15, -0.1) is 0 Å². The number of aromatic nitrogens is 3. The molecule has 0 fully saturated rings. The number of hydrogen-bond donors (Lipinski definition) is 0. The Morgan fingerprint density at radius 3 is 2.30 bits per heavy atom. The minimum Gasteiger partial charge on any atom is -0.480 e. The number of benzene rings is 1. The zero-order valence-corrected chi connectivity index (χ0v) is 17.7. The highest BCUT2D eigenvalue weighted by atomic mass is 35.5. The van der Waals surface area contributed by atoms with E-state index < -0.39 is 41.4 Å². The molecule has 1 aromatic heterocycles. The summed E-state index contributed by atoms with van der Waals surface area (Å²) in [5, 5.41) is -0.201. The molecule has 0 spiro atoms. The summed E-state index contributed by atoms with van der Waals surface area (Å²) in [6.07, 6.45) is -0.133. The molecule has 1 aromatic carbocycles. The predicted octanol–water partition coefficient (Wildman–Crippen LogP) is 0.882. The topological polar surface area (TPSA) is 111 Å². The fourth-order valence-electron chi connectivity index (χ4n) is 2.31. The summed E-state index contributed by atoms with van der Waals surface area (Å²) < 4.78 is 31.4. The second-order valence-corrected chi connectivity index (χ2v) is 6.64. The minimum atomic E-state index is -0.968. The van der Waals surface area contributed by atoms with Crippen molar-refractivity contribution < 1.29 is 28.2 Å². The molecule has 0 saturated heterocycles. The van der Waals surface area contributed by atoms with E-state index in [1.807, 2.05) is 0 Å². The third-order valence-corrected chi connectivity index (χ3v) is 4.76. The van der Waals surface area contributed by atoms with Crippen LogP contribution in [0.3, 0.4) is 0 Å². The molecule has 0 unspecified atom stereocenters. The van der Waals surface area contributed by atoms with Crippen LogP contribution >= 0.6 is 23.8 Å². The van der Waals surface area contributed by atoms with Crippen LogP contribution in [0.1, 0.15) is 6.42 Å². The second-order valence-electron chi connectivity index (χ2n) is 5.87. The summed E-state index contributed by atoms with van der Waals surface area (Å²) in [5.41, 5.74) is -2.19. The van der Waals surface area contributed by atoms with Crippen LogP contribution in [-0.4, -0.2) is 46.0 Å². The molecule has 162 valence electrons. The molecular formula is C17H17ClFN3O7S. The Labute approximate surface area is 179 Å². The highest BCUT2D eigenvalue weighted by Crippen LogP contribution is 2.29. The van der Waals surface area contributed by atoms with Gasteiger partial charge in [-0.3, -0.25) is 13.9 Å². The van der Waals surface area contributed by atoms with Gasteiger partial charge in [-0.05, 0) is 18.3 Å². The van der Waals surface area contributed by atoms with E-state index >= 15 is 0 Å². The first-order chi connectivity index (χ1) is 14.1. The van der Waals surface area contributed by atoms with Crippen molar-refractivity contribution in [1.29, 1.82) is 0 Å². The van der Waals surface area contributed by atoms with Crippen molar-refractivity contribution in [3.63, 3.8) is 0 Å². The van der Waals surface area contributed by atoms with E-state index in [9.17, 15) is 23.6 Å². The molecule has 0 aliphatic rings. The van der Waals surface area contributed by atoms with E-state index in [0.717, 1.165) is 21.3 Å². The predicted molar refractivity (Wildman–Crippen MR) is 105 cm³/mol. The van der Waals surface area contributed by atoms with Gasteiger partial charge in [-0.2, -0.15) is 0 Å². The Balaban J connectivity index is 2.31. The Hall–Kier alpha value is -2.99. The quantitative estimate of drug-likeness (QED) is 0.441. The summed E-state index contributed by atoms with van der Waals surface area (Å²) >= 11 is 10.9. The first kappa shape index (κ1) is 23.3. The SMILES string of the molecule is COC(=O)CCOC(=O)COc1cc(-n2c(=O)n(C)c(=S)n(C)c2=O)c(F)cc1Cl. The van der Waals surface area contributed by atoms with E-state index in [2.05, 4.69) is 4.74 Å². The second kappa shape index (κ2) is 9.67. The van der Waals surface area contributed by atoms with Crippen LogP contribution in [0.25, 0.3) is 5.69 Å². The number of carbonyl (C=O) groups excluding carboxylic acids is 2. The molecule has 0 N–H and O–H groups in total. The number of nitrogens with zero attached hydrogens (tertiary/aromatic N) is 3. The smallest absolute Gasteiger partial charge is 0.344 e. The minimum absolute atomic E-state index is 0.0539. The van der Waals surface area contributed by atoms with Gasteiger partial charge >= 0.3 is 23.3 Å². The molecule has 0 aliphatic carbocycles. The molecule has 0 aliphatic heterocycles. The van der Waals surface area contributed by atoms with Crippen molar-refractivity contribution in [1.82, 2.24) is 13.7 Å². The van der Waals surface area contributed by atoms with E-state index in [1.165, 1.54) is 21.2 Å². The number of methoxy groups -OCH3 is 1. The standard InChI is InChI=1S/C17H17ClFN3O7S/c1-20-15(25)22(16(26)21(2)17(20)30)11-7-12(9(18)6-10(11)19)29-8-14(24)28-5-4-13(23)27-3/h6-7H,4-5,8H2,1-3H3. The maximum absolute atomic E-state index is 14.5. The van der Waals surface area contributed by atoms with Gasteiger partial charge < -0.3 is 14.2 Å². The van der Waals surface area contributed by atoms with Crippen LogP contribution in [0.4, 0.5) is 4.39 Å². The first-order valence-corrected chi connectivity index (χ1v) is 9.10. The summed E-state index contributed by atoms with van der Waals surface area (Å²) in [6.45, 7) is -0.829. The lowest BCUT2D eigenvalue weighted by atomic mass is 10.2. The Kier molecular flexibility index (Phi) is 7.51. The van der Waals surface area contributed by atoms with Crippen molar-refractivity contribution in [3.8, 4) is 11.4 Å². The van der Waals surface area contributed by atoms with Crippen LogP contribution in [-0.2, 0) is 33.2 Å². The molecule has 0 bridgehead atoms. The highest BCUT2D eigenvalue weighted by Gasteiger charge is 2.18. The summed E-state index contributed by atoms with van der Waals surface area (Å²) in [5.74, 6) is -2.52. The van der Waals surface area contributed by atoms with Gasteiger partial charge in [0.15, 0.2) is 11.4 Å². The lowest BCUT2D eigenvalue weighted by Gasteiger charge is -2.14. The van der Waals surface area contributed by atoms with Gasteiger partial charge in [-0.25, -0.2) is 23.3 Å². The molecule has 0 atom stereocenters. The van der Waals surface area contributed by atoms with Gasteiger partial charge in [0.2, 0.25) is 0 Å². The van der Waals surface area contributed by atoms with E-state index in [4.69, 9.17) is 33.3 Å². The average molecular weight is 462 g/mol. The van der Waals surface area contributed by atoms with Crippen LogP contribution in [0.5, 0.6) is 5.75 Å². The highest BCUT2D eigenvalue weighted by molar-refractivity contribution is 7.71. The zero-order valence-electron chi connectivity index (χ0n) is 16.1. The fraction of sp³-hybridized carbons (Fsp3) is 0.353. The number of carbonyl (C=O) groups is 2. The van der Waals surface area contributed by atoms with E-state index in [1.54, 1.807) is 0 Å². The Bertz CT molecular complexity index is 1130. The third-order valence-electron chi connectivity index (χ3n) is 3.91. The molecule has 0 amide bonds. The largest absolute Gasteiger partial charge is 0.480 e. The lowest BCUT2D eigenvalue weighted by Crippen LogP contribution is -2.43. The summed E-state index contributed by atoms with van der Waals surface area (Å²) in [6, 6.07) is 1.84. The number of hydrogen-bond acceptors (Lipinski definition) is 8. The van der Waals surface area contributed by atoms with Crippen LogP contribution < -0.4 is 16.1 Å². The maximum atomic E-state index is 14.5. The zero-order chi connectivity index (χ0) is 22.6. The number of ether oxygens (including phenoxy) is 3. The summed E-state index contributed by atoms with van der Waals surface area (Å²) in [7, 11) is 3.86. The van der Waals surface area contributed by atoms with E-state index in [0.29, 0.717) is 4.57 Å². The van der Waals surface area contributed by atoms with Crippen molar-refractivity contribution in [2.75, 3.05) is 20.3 Å². The van der Waals surface area contributed by atoms with E-state index in [-0.39, 0.29) is 28.6 Å². The van der Waals surface area contributed by atoms with Crippen LogP contribution in [0, 0.1) is 10.6 Å². The van der Waals surface area contributed by atoms with Crippen molar-refractivity contribution >= 4 is 35.8 Å². The molecule has 10 nitrogen and oxygen atoms in total. The lowest BCUT2D eigenvalue weighted by molar-refractivity contribution is -0.149. The number of halogens is 2. The number of esters is 2. The van der Waals surface area contributed by atoms with Crippen molar-refractivity contribution in [3.05, 3.63) is 48.7 Å². The van der Waals surface area contributed by atoms with Crippen LogP contribution in [0.15, 0.2) is 21.7 Å². The van der Waals surface area contributed by atoms with Gasteiger partial charge in [0, 0.05) is 20.2 Å². The van der Waals surface area contributed by atoms with Crippen LogP contribution in [0.2, 0.25) is 5.02 Å². The molecule has 0 saturated carbocycles. The average Bonchev–Trinajstić information content (AvgIpc) is 2.71. The molecule has 30 heavy (non-hydrogen) atoms. The Morgan fingerprint density at radius 1 is 1.13 bits per heavy atom.